The fourth-order valence-electron chi connectivity index (χ4n) is 3.15. The van der Waals surface area contributed by atoms with Crippen LogP contribution in [0.4, 0.5) is 0 Å². The first-order chi connectivity index (χ1) is 15.7. The molecule has 0 atom stereocenters. The lowest BCUT2D eigenvalue weighted by Gasteiger charge is -2.10. The SMILES string of the molecule is COCCOc1cccc(Cn2cc(-c3noc(-c4ccc(OC)cc4)n3)ccc2=O)c1. The summed E-state index contributed by atoms with van der Waals surface area (Å²) in [4.78, 5) is 16.9. The maximum Gasteiger partial charge on any atom is 0.258 e. The quantitative estimate of drug-likeness (QED) is 0.372. The minimum Gasteiger partial charge on any atom is -0.497 e. The van der Waals surface area contributed by atoms with Crippen LogP contribution < -0.4 is 15.0 Å². The largest absolute Gasteiger partial charge is 0.497 e. The summed E-state index contributed by atoms with van der Waals surface area (Å²) in [6.45, 7) is 1.36. The van der Waals surface area contributed by atoms with Gasteiger partial charge in [0.25, 0.3) is 11.4 Å². The Kier molecular flexibility index (Phi) is 6.62. The van der Waals surface area contributed by atoms with E-state index in [0.717, 1.165) is 22.6 Å². The third kappa shape index (κ3) is 5.04. The molecule has 0 aliphatic rings. The van der Waals surface area contributed by atoms with Crippen molar-refractivity contribution in [2.45, 2.75) is 6.54 Å². The van der Waals surface area contributed by atoms with Crippen molar-refractivity contribution in [2.24, 2.45) is 0 Å². The molecule has 8 nitrogen and oxygen atoms in total. The molecule has 0 saturated heterocycles. The van der Waals surface area contributed by atoms with Crippen LogP contribution in [0.1, 0.15) is 5.56 Å². The number of hydrogen-bond acceptors (Lipinski definition) is 7. The van der Waals surface area contributed by atoms with E-state index in [9.17, 15) is 4.79 Å². The van der Waals surface area contributed by atoms with Gasteiger partial charge in [0.05, 0.1) is 20.3 Å². The lowest BCUT2D eigenvalue weighted by molar-refractivity contribution is 0.146. The molecule has 4 rings (SSSR count). The Morgan fingerprint density at radius 3 is 2.53 bits per heavy atom. The van der Waals surface area contributed by atoms with Crippen molar-refractivity contribution < 1.29 is 18.7 Å². The number of ether oxygens (including phenoxy) is 3. The molecule has 2 aromatic carbocycles. The Morgan fingerprint density at radius 1 is 0.938 bits per heavy atom. The fourth-order valence-corrected chi connectivity index (χ4v) is 3.15. The average molecular weight is 433 g/mol. The van der Waals surface area contributed by atoms with Gasteiger partial charge >= 0.3 is 0 Å². The third-order valence-electron chi connectivity index (χ3n) is 4.81. The van der Waals surface area contributed by atoms with E-state index in [-0.39, 0.29) is 5.56 Å². The number of hydrogen-bond donors (Lipinski definition) is 0. The summed E-state index contributed by atoms with van der Waals surface area (Å²) in [5.41, 5.74) is 2.27. The normalized spacial score (nSPS) is 10.8. The predicted octanol–water partition coefficient (Wildman–Crippen LogP) is 3.65. The number of benzene rings is 2. The van der Waals surface area contributed by atoms with E-state index < -0.39 is 0 Å². The summed E-state index contributed by atoms with van der Waals surface area (Å²) in [5.74, 6) is 2.27. The average Bonchev–Trinajstić information content (AvgIpc) is 3.31. The summed E-state index contributed by atoms with van der Waals surface area (Å²) in [5, 5.41) is 4.07. The zero-order chi connectivity index (χ0) is 22.3. The van der Waals surface area contributed by atoms with Gasteiger partial charge in [-0.1, -0.05) is 17.3 Å². The van der Waals surface area contributed by atoms with E-state index in [1.165, 1.54) is 6.07 Å². The van der Waals surface area contributed by atoms with E-state index in [4.69, 9.17) is 18.7 Å². The molecule has 0 aliphatic carbocycles. The van der Waals surface area contributed by atoms with Gasteiger partial charge in [-0.15, -0.1) is 0 Å². The highest BCUT2D eigenvalue weighted by Gasteiger charge is 2.12. The van der Waals surface area contributed by atoms with Gasteiger partial charge in [-0.3, -0.25) is 4.79 Å². The Morgan fingerprint density at radius 2 is 1.75 bits per heavy atom. The van der Waals surface area contributed by atoms with E-state index in [1.807, 2.05) is 48.5 Å². The summed E-state index contributed by atoms with van der Waals surface area (Å²) < 4.78 is 22.8. The summed E-state index contributed by atoms with van der Waals surface area (Å²) in [6.07, 6.45) is 1.73. The van der Waals surface area contributed by atoms with Crippen LogP contribution in [0.3, 0.4) is 0 Å². The zero-order valence-electron chi connectivity index (χ0n) is 17.9. The van der Waals surface area contributed by atoms with E-state index in [1.54, 1.807) is 31.0 Å². The van der Waals surface area contributed by atoms with Gasteiger partial charge in [-0.25, -0.2) is 0 Å². The molecule has 2 heterocycles. The van der Waals surface area contributed by atoms with Crippen LogP contribution in [-0.4, -0.2) is 42.1 Å². The van der Waals surface area contributed by atoms with Crippen LogP contribution in [0.25, 0.3) is 22.8 Å². The molecule has 164 valence electrons. The second-order valence-corrected chi connectivity index (χ2v) is 7.02. The van der Waals surface area contributed by atoms with Gasteiger partial charge < -0.3 is 23.3 Å². The summed E-state index contributed by atoms with van der Waals surface area (Å²) in [6, 6.07) is 18.1. The van der Waals surface area contributed by atoms with Crippen molar-refractivity contribution in [3.63, 3.8) is 0 Å². The molecular formula is C24H23N3O5. The zero-order valence-corrected chi connectivity index (χ0v) is 17.9. The fraction of sp³-hybridized carbons (Fsp3) is 0.208. The molecule has 8 heteroatoms. The molecular weight excluding hydrogens is 410 g/mol. The van der Waals surface area contributed by atoms with Crippen LogP contribution in [-0.2, 0) is 11.3 Å². The van der Waals surface area contributed by atoms with Crippen molar-refractivity contribution in [3.05, 3.63) is 82.8 Å². The standard InChI is InChI=1S/C24H23N3O5/c1-29-12-13-31-21-5-3-4-17(14-21)15-27-16-19(8-11-22(27)28)23-25-24(32-26-23)18-6-9-20(30-2)10-7-18/h3-11,14,16H,12-13,15H2,1-2H3. The van der Waals surface area contributed by atoms with Gasteiger partial charge in [-0.05, 0) is 48.0 Å². The van der Waals surface area contributed by atoms with Crippen molar-refractivity contribution in [2.75, 3.05) is 27.4 Å². The lowest BCUT2D eigenvalue weighted by atomic mass is 10.2. The second kappa shape index (κ2) is 9.93. The maximum absolute atomic E-state index is 12.4. The van der Waals surface area contributed by atoms with Crippen LogP contribution >= 0.6 is 0 Å². The molecule has 0 fully saturated rings. The lowest BCUT2D eigenvalue weighted by Crippen LogP contribution is -2.19. The highest BCUT2D eigenvalue weighted by molar-refractivity contribution is 5.59. The first kappa shape index (κ1) is 21.3. The molecule has 32 heavy (non-hydrogen) atoms. The number of pyridine rings is 1. The topological polar surface area (TPSA) is 88.6 Å². The van der Waals surface area contributed by atoms with E-state index >= 15 is 0 Å². The highest BCUT2D eigenvalue weighted by Crippen LogP contribution is 2.24. The first-order valence-corrected chi connectivity index (χ1v) is 10.1. The van der Waals surface area contributed by atoms with Crippen LogP contribution in [0.2, 0.25) is 0 Å². The highest BCUT2D eigenvalue weighted by atomic mass is 16.5. The molecule has 2 aromatic heterocycles. The van der Waals surface area contributed by atoms with Gasteiger partial charge in [0.1, 0.15) is 18.1 Å². The van der Waals surface area contributed by atoms with Crippen molar-refractivity contribution in [3.8, 4) is 34.3 Å². The molecule has 0 N–H and O–H groups in total. The molecule has 0 saturated carbocycles. The maximum atomic E-state index is 12.4. The molecule has 0 aliphatic heterocycles. The molecule has 4 aromatic rings. The second-order valence-electron chi connectivity index (χ2n) is 7.02. The van der Waals surface area contributed by atoms with Crippen LogP contribution in [0.15, 0.2) is 76.2 Å². The molecule has 0 bridgehead atoms. The number of methoxy groups -OCH3 is 2. The molecule has 0 unspecified atom stereocenters. The Hall–Kier alpha value is -3.91. The number of aromatic nitrogens is 3. The summed E-state index contributed by atoms with van der Waals surface area (Å²) >= 11 is 0. The Balaban J connectivity index is 1.54. The van der Waals surface area contributed by atoms with Crippen molar-refractivity contribution in [1.82, 2.24) is 14.7 Å². The van der Waals surface area contributed by atoms with Crippen LogP contribution in [0.5, 0.6) is 11.5 Å². The van der Waals surface area contributed by atoms with Gasteiger partial charge in [-0.2, -0.15) is 4.98 Å². The molecule has 0 radical (unpaired) electrons. The van der Waals surface area contributed by atoms with E-state index in [2.05, 4.69) is 10.1 Å². The van der Waals surface area contributed by atoms with Crippen molar-refractivity contribution >= 4 is 0 Å². The van der Waals surface area contributed by atoms with Gasteiger partial charge in [0, 0.05) is 30.5 Å². The number of rotatable bonds is 9. The first-order valence-electron chi connectivity index (χ1n) is 10.1. The monoisotopic (exact) mass is 433 g/mol. The van der Waals surface area contributed by atoms with Crippen LogP contribution in [0, 0.1) is 0 Å². The van der Waals surface area contributed by atoms with Crippen molar-refractivity contribution in [1.29, 1.82) is 0 Å². The van der Waals surface area contributed by atoms with Gasteiger partial charge in [0.15, 0.2) is 0 Å². The molecule has 0 amide bonds. The number of nitrogens with zero attached hydrogens (tertiary/aromatic N) is 3. The molecule has 0 spiro atoms. The van der Waals surface area contributed by atoms with E-state index in [0.29, 0.717) is 37.0 Å². The predicted molar refractivity (Wildman–Crippen MR) is 119 cm³/mol. The van der Waals surface area contributed by atoms with Gasteiger partial charge in [0.2, 0.25) is 5.82 Å². The third-order valence-corrected chi connectivity index (χ3v) is 4.81. The Labute approximate surface area is 185 Å². The Bertz CT molecular complexity index is 1230. The smallest absolute Gasteiger partial charge is 0.258 e. The summed E-state index contributed by atoms with van der Waals surface area (Å²) in [7, 11) is 3.24. The minimum atomic E-state index is -0.127. The minimum absolute atomic E-state index is 0.127.